The smallest absolute Gasteiger partial charge is 0.242 e. The molecular formula is C21H23N3O4S. The molecule has 2 amide bonds. The number of hydrogen-bond acceptors (Lipinski definition) is 4. The van der Waals surface area contributed by atoms with Crippen LogP contribution in [0.15, 0.2) is 59.6 Å². The summed E-state index contributed by atoms with van der Waals surface area (Å²) in [6.45, 7) is 1.46. The molecule has 0 bridgehead atoms. The molecule has 0 aliphatic carbocycles. The van der Waals surface area contributed by atoms with Crippen molar-refractivity contribution in [1.82, 2.24) is 9.21 Å². The van der Waals surface area contributed by atoms with Gasteiger partial charge in [-0.25, -0.2) is 12.7 Å². The first-order chi connectivity index (χ1) is 13.7. The largest absolute Gasteiger partial charge is 0.326 e. The molecule has 7 nitrogen and oxygen atoms in total. The predicted octanol–water partition coefficient (Wildman–Crippen LogP) is 2.84. The second kappa shape index (κ2) is 8.18. The van der Waals surface area contributed by atoms with Gasteiger partial charge >= 0.3 is 0 Å². The summed E-state index contributed by atoms with van der Waals surface area (Å²) in [6, 6.07) is 13.3. The van der Waals surface area contributed by atoms with Crippen molar-refractivity contribution < 1.29 is 18.0 Å². The monoisotopic (exact) mass is 413 g/mol. The number of sulfonamides is 1. The van der Waals surface area contributed by atoms with Crippen LogP contribution in [0.4, 0.5) is 5.69 Å². The van der Waals surface area contributed by atoms with E-state index < -0.39 is 16.1 Å². The summed E-state index contributed by atoms with van der Waals surface area (Å²) in [5.74, 6) is -0.474. The standard InChI is InChI=1S/C21H23N3O4S/c1-15(25)24-12-11-16-7-4-5-10-19(16)20(24)14-21(26)22-17-8-6-9-18(13-17)29(27,28)23(2)3/h4-13,20H,14H2,1-3H3,(H,22,26)/t20-/m0/s1. The van der Waals surface area contributed by atoms with Crippen LogP contribution >= 0.6 is 0 Å². The molecule has 1 aliphatic rings. The molecule has 1 heterocycles. The van der Waals surface area contributed by atoms with Gasteiger partial charge in [0.15, 0.2) is 0 Å². The van der Waals surface area contributed by atoms with E-state index in [0.717, 1.165) is 15.4 Å². The summed E-state index contributed by atoms with van der Waals surface area (Å²) in [5.41, 5.74) is 2.23. The maximum atomic E-state index is 12.7. The van der Waals surface area contributed by atoms with Crippen LogP contribution in [0.5, 0.6) is 0 Å². The van der Waals surface area contributed by atoms with Gasteiger partial charge < -0.3 is 10.2 Å². The molecule has 0 aromatic heterocycles. The third-order valence-electron chi connectivity index (χ3n) is 4.74. The van der Waals surface area contributed by atoms with Gasteiger partial charge in [0.25, 0.3) is 0 Å². The van der Waals surface area contributed by atoms with Gasteiger partial charge in [0, 0.05) is 32.9 Å². The van der Waals surface area contributed by atoms with E-state index in [4.69, 9.17) is 0 Å². The number of nitrogens with one attached hydrogen (secondary N) is 1. The van der Waals surface area contributed by atoms with Crippen LogP contribution in [-0.2, 0) is 19.6 Å². The SMILES string of the molecule is CC(=O)N1C=Cc2ccccc2[C@@H]1CC(=O)Nc1cccc(S(=O)(=O)N(C)C)c1. The van der Waals surface area contributed by atoms with E-state index in [2.05, 4.69) is 5.32 Å². The van der Waals surface area contributed by atoms with Gasteiger partial charge in [-0.1, -0.05) is 30.3 Å². The Balaban J connectivity index is 1.82. The van der Waals surface area contributed by atoms with E-state index in [0.29, 0.717) is 5.69 Å². The molecule has 0 unspecified atom stereocenters. The van der Waals surface area contributed by atoms with Crippen LogP contribution in [0.3, 0.4) is 0 Å². The van der Waals surface area contributed by atoms with Gasteiger partial charge in [-0.2, -0.15) is 0 Å². The first kappa shape index (κ1) is 20.8. The van der Waals surface area contributed by atoms with Crippen molar-refractivity contribution in [3.63, 3.8) is 0 Å². The highest BCUT2D eigenvalue weighted by Gasteiger charge is 2.28. The Morgan fingerprint density at radius 1 is 1.10 bits per heavy atom. The summed E-state index contributed by atoms with van der Waals surface area (Å²) >= 11 is 0. The summed E-state index contributed by atoms with van der Waals surface area (Å²) < 4.78 is 25.7. The fraction of sp³-hybridized carbons (Fsp3) is 0.238. The normalized spacial score (nSPS) is 15.9. The zero-order chi connectivity index (χ0) is 21.2. The van der Waals surface area contributed by atoms with Crippen molar-refractivity contribution in [3.8, 4) is 0 Å². The van der Waals surface area contributed by atoms with E-state index >= 15 is 0 Å². The highest BCUT2D eigenvalue weighted by Crippen LogP contribution is 2.33. The summed E-state index contributed by atoms with van der Waals surface area (Å²) in [6.07, 6.45) is 3.58. The van der Waals surface area contributed by atoms with Crippen LogP contribution in [0.25, 0.3) is 6.08 Å². The molecule has 2 aromatic rings. The number of hydrogen-bond donors (Lipinski definition) is 1. The Hall–Kier alpha value is -2.97. The van der Waals surface area contributed by atoms with Crippen molar-refractivity contribution in [2.45, 2.75) is 24.3 Å². The summed E-state index contributed by atoms with van der Waals surface area (Å²) in [4.78, 5) is 26.4. The molecule has 0 saturated carbocycles. The fourth-order valence-electron chi connectivity index (χ4n) is 3.25. The molecule has 2 aromatic carbocycles. The highest BCUT2D eigenvalue weighted by atomic mass is 32.2. The van der Waals surface area contributed by atoms with E-state index in [1.807, 2.05) is 30.3 Å². The third kappa shape index (κ3) is 4.38. The Kier molecular flexibility index (Phi) is 5.86. The van der Waals surface area contributed by atoms with Gasteiger partial charge in [0.2, 0.25) is 21.8 Å². The number of anilines is 1. The lowest BCUT2D eigenvalue weighted by Gasteiger charge is -2.32. The molecule has 8 heteroatoms. The van der Waals surface area contributed by atoms with Crippen molar-refractivity contribution in [2.75, 3.05) is 19.4 Å². The van der Waals surface area contributed by atoms with Gasteiger partial charge in [-0.3, -0.25) is 9.59 Å². The number of fused-ring (bicyclic) bond motifs is 1. The van der Waals surface area contributed by atoms with Crippen molar-refractivity contribution >= 4 is 33.6 Å². The number of carbonyl (C=O) groups excluding carboxylic acids is 2. The third-order valence-corrected chi connectivity index (χ3v) is 6.56. The molecule has 1 N–H and O–H groups in total. The lowest BCUT2D eigenvalue weighted by atomic mass is 9.93. The van der Waals surface area contributed by atoms with Crippen LogP contribution < -0.4 is 5.32 Å². The highest BCUT2D eigenvalue weighted by molar-refractivity contribution is 7.89. The van der Waals surface area contributed by atoms with Gasteiger partial charge in [0.1, 0.15) is 0 Å². The Morgan fingerprint density at radius 2 is 1.83 bits per heavy atom. The van der Waals surface area contributed by atoms with Crippen molar-refractivity contribution in [3.05, 3.63) is 65.9 Å². The van der Waals surface area contributed by atoms with Crippen LogP contribution in [0.1, 0.15) is 30.5 Å². The molecule has 29 heavy (non-hydrogen) atoms. The Labute approximate surface area is 170 Å². The minimum absolute atomic E-state index is 0.0472. The number of nitrogens with zero attached hydrogens (tertiary/aromatic N) is 2. The molecule has 152 valence electrons. The quantitative estimate of drug-likeness (QED) is 0.817. The predicted molar refractivity (Wildman–Crippen MR) is 111 cm³/mol. The lowest BCUT2D eigenvalue weighted by molar-refractivity contribution is -0.129. The second-order valence-electron chi connectivity index (χ2n) is 6.95. The van der Waals surface area contributed by atoms with Gasteiger partial charge in [0.05, 0.1) is 17.4 Å². The summed E-state index contributed by atoms with van der Waals surface area (Å²) in [5, 5.41) is 2.75. The maximum Gasteiger partial charge on any atom is 0.242 e. The zero-order valence-corrected chi connectivity index (χ0v) is 17.3. The van der Waals surface area contributed by atoms with Crippen LogP contribution in [-0.4, -0.2) is 43.5 Å². The minimum atomic E-state index is -3.60. The van der Waals surface area contributed by atoms with Crippen LogP contribution in [0.2, 0.25) is 0 Å². The number of rotatable bonds is 5. The minimum Gasteiger partial charge on any atom is -0.326 e. The number of benzene rings is 2. The number of carbonyl (C=O) groups is 2. The molecule has 0 saturated heterocycles. The Morgan fingerprint density at radius 3 is 2.52 bits per heavy atom. The zero-order valence-electron chi connectivity index (χ0n) is 16.5. The van der Waals surface area contributed by atoms with E-state index in [-0.39, 0.29) is 23.1 Å². The van der Waals surface area contributed by atoms with Crippen molar-refractivity contribution in [2.24, 2.45) is 0 Å². The van der Waals surface area contributed by atoms with Crippen molar-refractivity contribution in [1.29, 1.82) is 0 Å². The fourth-order valence-corrected chi connectivity index (χ4v) is 4.19. The molecule has 1 atom stereocenters. The summed E-state index contributed by atoms with van der Waals surface area (Å²) in [7, 11) is -0.704. The molecule has 0 fully saturated rings. The maximum absolute atomic E-state index is 12.7. The number of amides is 2. The van der Waals surface area contributed by atoms with Crippen LogP contribution in [0, 0.1) is 0 Å². The molecule has 1 aliphatic heterocycles. The van der Waals surface area contributed by atoms with E-state index in [9.17, 15) is 18.0 Å². The molecule has 0 radical (unpaired) electrons. The average Bonchev–Trinajstić information content (AvgIpc) is 2.68. The average molecular weight is 413 g/mol. The Bertz CT molecular complexity index is 1080. The van der Waals surface area contributed by atoms with Gasteiger partial charge in [-0.15, -0.1) is 0 Å². The molecular weight excluding hydrogens is 390 g/mol. The molecule has 0 spiro atoms. The van der Waals surface area contributed by atoms with E-state index in [1.54, 1.807) is 18.3 Å². The molecule has 3 rings (SSSR count). The second-order valence-corrected chi connectivity index (χ2v) is 9.11. The first-order valence-corrected chi connectivity index (χ1v) is 10.5. The topological polar surface area (TPSA) is 86.8 Å². The van der Waals surface area contributed by atoms with Gasteiger partial charge in [-0.05, 0) is 35.4 Å². The van der Waals surface area contributed by atoms with E-state index in [1.165, 1.54) is 38.1 Å². The lowest BCUT2D eigenvalue weighted by Crippen LogP contribution is -2.33. The first-order valence-electron chi connectivity index (χ1n) is 9.08.